The Morgan fingerprint density at radius 1 is 1.05 bits per heavy atom. The van der Waals surface area contributed by atoms with Crippen molar-refractivity contribution in [3.63, 3.8) is 0 Å². The van der Waals surface area contributed by atoms with Gasteiger partial charge in [-0.15, -0.1) is 0 Å². The van der Waals surface area contributed by atoms with E-state index in [9.17, 15) is 0 Å². The lowest BCUT2D eigenvalue weighted by Gasteiger charge is -2.39. The van der Waals surface area contributed by atoms with Crippen LogP contribution in [0.5, 0.6) is 0 Å². The standard InChI is InChI=1S/C12H11N7/c1-2-14-9(5-13-1)19-6-8(7-19)10-11-12(18-17-10)16-4-3-15-11/h1-5,8H,6-7H2,(H,16,17,18). The molecule has 3 aromatic rings. The van der Waals surface area contributed by atoms with Crippen LogP contribution in [-0.2, 0) is 0 Å². The summed E-state index contributed by atoms with van der Waals surface area (Å²) < 4.78 is 0. The van der Waals surface area contributed by atoms with E-state index in [1.807, 2.05) is 0 Å². The number of fused-ring (bicyclic) bond motifs is 1. The number of nitrogens with one attached hydrogen (secondary N) is 1. The van der Waals surface area contributed by atoms with Gasteiger partial charge in [-0.05, 0) is 0 Å². The molecular formula is C12H11N7. The minimum absolute atomic E-state index is 0.392. The molecule has 3 aromatic heterocycles. The molecule has 0 unspecified atom stereocenters. The van der Waals surface area contributed by atoms with Gasteiger partial charge in [0.1, 0.15) is 11.3 Å². The minimum Gasteiger partial charge on any atom is -0.354 e. The molecule has 7 nitrogen and oxygen atoms in total. The first-order valence-electron chi connectivity index (χ1n) is 6.08. The maximum Gasteiger partial charge on any atom is 0.199 e. The largest absolute Gasteiger partial charge is 0.354 e. The van der Waals surface area contributed by atoms with Gasteiger partial charge in [-0.25, -0.2) is 15.0 Å². The van der Waals surface area contributed by atoms with Gasteiger partial charge in [-0.3, -0.25) is 10.1 Å². The number of hydrogen-bond acceptors (Lipinski definition) is 6. The van der Waals surface area contributed by atoms with E-state index in [4.69, 9.17) is 0 Å². The molecule has 0 saturated carbocycles. The molecule has 1 saturated heterocycles. The summed E-state index contributed by atoms with van der Waals surface area (Å²) in [6.45, 7) is 1.79. The fraction of sp³-hybridized carbons (Fsp3) is 0.250. The molecule has 1 fully saturated rings. The number of H-pyrrole nitrogens is 1. The number of nitrogens with zero attached hydrogens (tertiary/aromatic N) is 6. The number of aromatic nitrogens is 6. The molecule has 4 rings (SSSR count). The van der Waals surface area contributed by atoms with Crippen molar-refractivity contribution in [1.82, 2.24) is 30.1 Å². The predicted molar refractivity (Wildman–Crippen MR) is 68.7 cm³/mol. The highest BCUT2D eigenvalue weighted by Gasteiger charge is 2.32. The summed E-state index contributed by atoms with van der Waals surface area (Å²) in [5.74, 6) is 1.30. The maximum absolute atomic E-state index is 4.34. The number of hydrogen-bond donors (Lipinski definition) is 1. The Balaban J connectivity index is 1.57. The fourth-order valence-corrected chi connectivity index (χ4v) is 2.36. The fourth-order valence-electron chi connectivity index (χ4n) is 2.36. The quantitative estimate of drug-likeness (QED) is 0.725. The molecule has 4 heterocycles. The Morgan fingerprint density at radius 3 is 2.74 bits per heavy atom. The third-order valence-electron chi connectivity index (χ3n) is 3.38. The van der Waals surface area contributed by atoms with Crippen LogP contribution >= 0.6 is 0 Å². The van der Waals surface area contributed by atoms with Gasteiger partial charge in [-0.1, -0.05) is 0 Å². The number of rotatable bonds is 2. The summed E-state index contributed by atoms with van der Waals surface area (Å²) in [6, 6.07) is 0. The zero-order valence-corrected chi connectivity index (χ0v) is 10.1. The van der Waals surface area contributed by atoms with Crippen molar-refractivity contribution in [2.45, 2.75) is 5.92 Å². The SMILES string of the molecule is c1cnc(N2CC(c3[nH]nc4nccnc34)C2)cn1. The zero-order chi connectivity index (χ0) is 12.7. The zero-order valence-electron chi connectivity index (χ0n) is 10.1. The highest BCUT2D eigenvalue weighted by atomic mass is 15.3. The molecule has 1 aliphatic rings. The van der Waals surface area contributed by atoms with Crippen molar-refractivity contribution in [3.8, 4) is 0 Å². The Morgan fingerprint density at radius 2 is 1.89 bits per heavy atom. The van der Waals surface area contributed by atoms with Gasteiger partial charge in [0, 0.05) is 43.8 Å². The highest BCUT2D eigenvalue weighted by Crippen LogP contribution is 2.31. The monoisotopic (exact) mass is 253 g/mol. The number of aromatic amines is 1. The number of anilines is 1. The Bertz CT molecular complexity index is 702. The van der Waals surface area contributed by atoms with Gasteiger partial charge in [0.2, 0.25) is 0 Å². The van der Waals surface area contributed by atoms with Crippen LogP contribution in [0, 0.1) is 0 Å². The van der Waals surface area contributed by atoms with Crippen LogP contribution in [0.4, 0.5) is 5.82 Å². The summed E-state index contributed by atoms with van der Waals surface area (Å²) in [6.07, 6.45) is 8.51. The molecule has 0 bridgehead atoms. The molecule has 0 spiro atoms. The molecule has 19 heavy (non-hydrogen) atoms. The molecule has 94 valence electrons. The first kappa shape index (κ1) is 10.4. The van der Waals surface area contributed by atoms with E-state index in [1.54, 1.807) is 31.0 Å². The van der Waals surface area contributed by atoms with Crippen LogP contribution in [0.1, 0.15) is 11.6 Å². The molecule has 0 aromatic carbocycles. The van der Waals surface area contributed by atoms with E-state index in [2.05, 4.69) is 35.0 Å². The lowest BCUT2D eigenvalue weighted by Crippen LogP contribution is -2.45. The van der Waals surface area contributed by atoms with Crippen LogP contribution < -0.4 is 4.90 Å². The van der Waals surface area contributed by atoms with Crippen LogP contribution in [0.2, 0.25) is 0 Å². The summed E-state index contributed by atoms with van der Waals surface area (Å²) in [5, 5.41) is 7.22. The molecule has 0 radical (unpaired) electrons. The molecule has 0 aliphatic carbocycles. The Hall–Kier alpha value is -2.57. The Labute approximate surface area is 108 Å². The lowest BCUT2D eigenvalue weighted by atomic mass is 9.96. The summed E-state index contributed by atoms with van der Waals surface area (Å²) in [7, 11) is 0. The molecule has 0 atom stereocenters. The molecular weight excluding hydrogens is 242 g/mol. The van der Waals surface area contributed by atoms with E-state index in [0.717, 1.165) is 30.1 Å². The topological polar surface area (TPSA) is 83.5 Å². The van der Waals surface area contributed by atoms with Gasteiger partial charge >= 0.3 is 0 Å². The third-order valence-corrected chi connectivity index (χ3v) is 3.38. The van der Waals surface area contributed by atoms with Crippen molar-refractivity contribution in [3.05, 3.63) is 36.7 Å². The smallest absolute Gasteiger partial charge is 0.199 e. The van der Waals surface area contributed by atoms with E-state index in [-0.39, 0.29) is 0 Å². The van der Waals surface area contributed by atoms with Crippen molar-refractivity contribution in [2.75, 3.05) is 18.0 Å². The predicted octanol–water partition coefficient (Wildman–Crippen LogP) is 0.747. The first-order chi connectivity index (χ1) is 9.42. The van der Waals surface area contributed by atoms with E-state index in [0.29, 0.717) is 11.6 Å². The minimum atomic E-state index is 0.392. The molecule has 1 aliphatic heterocycles. The summed E-state index contributed by atoms with van der Waals surface area (Å²) in [5.41, 5.74) is 2.60. The first-order valence-corrected chi connectivity index (χ1v) is 6.08. The lowest BCUT2D eigenvalue weighted by molar-refractivity contribution is 0.509. The van der Waals surface area contributed by atoms with Crippen LogP contribution in [0.3, 0.4) is 0 Å². The third kappa shape index (κ3) is 1.62. The second-order valence-electron chi connectivity index (χ2n) is 4.53. The van der Waals surface area contributed by atoms with Crippen molar-refractivity contribution in [2.24, 2.45) is 0 Å². The van der Waals surface area contributed by atoms with Gasteiger partial charge in [0.05, 0.1) is 11.9 Å². The van der Waals surface area contributed by atoms with Gasteiger partial charge in [-0.2, -0.15) is 5.10 Å². The molecule has 1 N–H and O–H groups in total. The normalized spacial score (nSPS) is 15.7. The second kappa shape index (κ2) is 3.98. The maximum atomic E-state index is 4.34. The second-order valence-corrected chi connectivity index (χ2v) is 4.53. The van der Waals surface area contributed by atoms with Gasteiger partial charge in [0.25, 0.3) is 0 Å². The molecule has 0 amide bonds. The van der Waals surface area contributed by atoms with Gasteiger partial charge < -0.3 is 4.90 Å². The van der Waals surface area contributed by atoms with Crippen molar-refractivity contribution in [1.29, 1.82) is 0 Å². The van der Waals surface area contributed by atoms with E-state index < -0.39 is 0 Å². The van der Waals surface area contributed by atoms with Crippen LogP contribution in [-0.4, -0.2) is 43.2 Å². The van der Waals surface area contributed by atoms with Crippen molar-refractivity contribution >= 4 is 17.0 Å². The molecule has 7 heteroatoms. The van der Waals surface area contributed by atoms with Crippen LogP contribution in [0.25, 0.3) is 11.2 Å². The average molecular weight is 253 g/mol. The van der Waals surface area contributed by atoms with E-state index in [1.165, 1.54) is 0 Å². The Kier molecular flexibility index (Phi) is 2.17. The summed E-state index contributed by atoms with van der Waals surface area (Å²) in [4.78, 5) is 19.1. The highest BCUT2D eigenvalue weighted by molar-refractivity contribution is 5.73. The van der Waals surface area contributed by atoms with Crippen LogP contribution in [0.15, 0.2) is 31.0 Å². The van der Waals surface area contributed by atoms with Gasteiger partial charge in [0.15, 0.2) is 5.65 Å². The van der Waals surface area contributed by atoms with Crippen molar-refractivity contribution < 1.29 is 0 Å². The summed E-state index contributed by atoms with van der Waals surface area (Å²) >= 11 is 0. The van der Waals surface area contributed by atoms with E-state index >= 15 is 0 Å². The average Bonchev–Trinajstić information content (AvgIpc) is 2.83.